The number of piperazine rings is 1. The van der Waals surface area contributed by atoms with Crippen molar-refractivity contribution in [3.05, 3.63) is 29.8 Å². The molecule has 1 aromatic rings. The largest absolute Gasteiger partial charge is 0.300 e. The van der Waals surface area contributed by atoms with Crippen LogP contribution in [0.2, 0.25) is 0 Å². The van der Waals surface area contributed by atoms with E-state index in [1.54, 1.807) is 0 Å². The Morgan fingerprint density at radius 1 is 1.25 bits per heavy atom. The van der Waals surface area contributed by atoms with Crippen LogP contribution in [-0.4, -0.2) is 59.3 Å². The molecule has 5 heteroatoms. The SMILES string of the molecule is O=C(CCN1CCN(C2CC2)CC1)c1ccc(F)cn1. The molecular weight excluding hydrogens is 257 g/mol. The predicted molar refractivity (Wildman–Crippen MR) is 74.2 cm³/mol. The van der Waals surface area contributed by atoms with Crippen molar-refractivity contribution >= 4 is 5.78 Å². The number of Topliss-reactive ketones (excluding diaryl/α,β-unsaturated/α-hetero) is 1. The van der Waals surface area contributed by atoms with Crippen molar-refractivity contribution in [3.8, 4) is 0 Å². The topological polar surface area (TPSA) is 36.4 Å². The van der Waals surface area contributed by atoms with Crippen LogP contribution in [0.1, 0.15) is 29.8 Å². The van der Waals surface area contributed by atoms with Gasteiger partial charge in [0, 0.05) is 45.2 Å². The zero-order valence-corrected chi connectivity index (χ0v) is 11.6. The van der Waals surface area contributed by atoms with Crippen LogP contribution in [0.15, 0.2) is 18.3 Å². The van der Waals surface area contributed by atoms with E-state index in [0.29, 0.717) is 12.1 Å². The summed E-state index contributed by atoms with van der Waals surface area (Å²) >= 11 is 0. The number of pyridine rings is 1. The van der Waals surface area contributed by atoms with E-state index in [2.05, 4.69) is 14.8 Å². The molecule has 108 valence electrons. The summed E-state index contributed by atoms with van der Waals surface area (Å²) in [4.78, 5) is 20.7. The maximum Gasteiger partial charge on any atom is 0.182 e. The Morgan fingerprint density at radius 2 is 2.00 bits per heavy atom. The van der Waals surface area contributed by atoms with E-state index in [1.807, 2.05) is 0 Å². The highest BCUT2D eigenvalue weighted by Gasteiger charge is 2.31. The van der Waals surface area contributed by atoms with Gasteiger partial charge in [-0.15, -0.1) is 0 Å². The molecule has 1 aliphatic heterocycles. The van der Waals surface area contributed by atoms with Crippen LogP contribution in [0.3, 0.4) is 0 Å². The van der Waals surface area contributed by atoms with Gasteiger partial charge in [-0.25, -0.2) is 4.39 Å². The van der Waals surface area contributed by atoms with E-state index in [1.165, 1.54) is 25.0 Å². The molecule has 0 spiro atoms. The molecule has 4 nitrogen and oxygen atoms in total. The lowest BCUT2D eigenvalue weighted by Gasteiger charge is -2.34. The number of nitrogens with zero attached hydrogens (tertiary/aromatic N) is 3. The Bertz CT molecular complexity index is 465. The Morgan fingerprint density at radius 3 is 2.60 bits per heavy atom. The van der Waals surface area contributed by atoms with Gasteiger partial charge in [-0.05, 0) is 25.0 Å². The Labute approximate surface area is 118 Å². The third-order valence-electron chi connectivity index (χ3n) is 4.14. The third-order valence-corrected chi connectivity index (χ3v) is 4.14. The summed E-state index contributed by atoms with van der Waals surface area (Å²) in [5.74, 6) is -0.410. The molecule has 2 heterocycles. The van der Waals surface area contributed by atoms with Crippen molar-refractivity contribution < 1.29 is 9.18 Å². The van der Waals surface area contributed by atoms with E-state index in [0.717, 1.165) is 45.0 Å². The van der Waals surface area contributed by atoms with Crippen molar-refractivity contribution in [2.45, 2.75) is 25.3 Å². The number of hydrogen-bond donors (Lipinski definition) is 0. The highest BCUT2D eigenvalue weighted by atomic mass is 19.1. The second-order valence-electron chi connectivity index (χ2n) is 5.64. The van der Waals surface area contributed by atoms with Crippen molar-refractivity contribution in [3.63, 3.8) is 0 Å². The molecule has 0 N–H and O–H groups in total. The van der Waals surface area contributed by atoms with Crippen molar-refractivity contribution in [2.24, 2.45) is 0 Å². The number of carbonyl (C=O) groups excluding carboxylic acids is 1. The fourth-order valence-electron chi connectivity index (χ4n) is 2.72. The second-order valence-corrected chi connectivity index (χ2v) is 5.64. The standard InChI is InChI=1S/C15H20FN3O/c16-12-1-4-14(17-11-12)15(20)5-6-18-7-9-19(10-8-18)13-2-3-13/h1,4,11,13H,2-3,5-10H2. The van der Waals surface area contributed by atoms with E-state index < -0.39 is 5.82 Å². The van der Waals surface area contributed by atoms with Crippen LogP contribution in [-0.2, 0) is 0 Å². The van der Waals surface area contributed by atoms with Crippen molar-refractivity contribution in [1.82, 2.24) is 14.8 Å². The van der Waals surface area contributed by atoms with Crippen LogP contribution < -0.4 is 0 Å². The summed E-state index contributed by atoms with van der Waals surface area (Å²) in [7, 11) is 0. The molecule has 0 unspecified atom stereocenters. The Hall–Kier alpha value is -1.33. The predicted octanol–water partition coefficient (Wildman–Crippen LogP) is 1.57. The average molecular weight is 277 g/mol. The molecule has 3 rings (SSSR count). The van der Waals surface area contributed by atoms with Gasteiger partial charge in [-0.3, -0.25) is 14.7 Å². The smallest absolute Gasteiger partial charge is 0.182 e. The number of rotatable bonds is 5. The number of aromatic nitrogens is 1. The molecule has 20 heavy (non-hydrogen) atoms. The number of halogens is 1. The van der Waals surface area contributed by atoms with Crippen molar-refractivity contribution in [2.75, 3.05) is 32.7 Å². The first-order valence-corrected chi connectivity index (χ1v) is 7.33. The average Bonchev–Trinajstić information content (AvgIpc) is 3.31. The van der Waals surface area contributed by atoms with E-state index in [4.69, 9.17) is 0 Å². The first kappa shape index (κ1) is 13.6. The maximum atomic E-state index is 12.7. The van der Waals surface area contributed by atoms with E-state index >= 15 is 0 Å². The molecule has 0 aromatic carbocycles. The quantitative estimate of drug-likeness (QED) is 0.766. The minimum absolute atomic E-state index is 0.00498. The highest BCUT2D eigenvalue weighted by molar-refractivity contribution is 5.94. The lowest BCUT2D eigenvalue weighted by Crippen LogP contribution is -2.47. The summed E-state index contributed by atoms with van der Waals surface area (Å²) < 4.78 is 12.7. The minimum Gasteiger partial charge on any atom is -0.300 e. The minimum atomic E-state index is -0.405. The highest BCUT2D eigenvalue weighted by Crippen LogP contribution is 2.27. The summed E-state index contributed by atoms with van der Waals surface area (Å²) in [6.07, 6.45) is 4.27. The monoisotopic (exact) mass is 277 g/mol. The fourth-order valence-corrected chi connectivity index (χ4v) is 2.72. The van der Waals surface area contributed by atoms with Gasteiger partial charge in [-0.1, -0.05) is 0 Å². The summed E-state index contributed by atoms with van der Waals surface area (Å²) in [6.45, 7) is 5.10. The first-order valence-electron chi connectivity index (χ1n) is 7.33. The molecular formula is C15H20FN3O. The van der Waals surface area contributed by atoms with Crippen LogP contribution in [0.25, 0.3) is 0 Å². The van der Waals surface area contributed by atoms with Gasteiger partial charge in [0.1, 0.15) is 11.5 Å². The molecule has 0 atom stereocenters. The molecule has 1 saturated carbocycles. The molecule has 1 saturated heterocycles. The molecule has 0 bridgehead atoms. The van der Waals surface area contributed by atoms with Gasteiger partial charge < -0.3 is 4.90 Å². The van der Waals surface area contributed by atoms with Gasteiger partial charge in [0.2, 0.25) is 0 Å². The van der Waals surface area contributed by atoms with Gasteiger partial charge in [0.25, 0.3) is 0 Å². The fraction of sp³-hybridized carbons (Fsp3) is 0.600. The van der Waals surface area contributed by atoms with E-state index in [9.17, 15) is 9.18 Å². The van der Waals surface area contributed by atoms with Crippen LogP contribution >= 0.6 is 0 Å². The molecule has 2 aliphatic rings. The van der Waals surface area contributed by atoms with Gasteiger partial charge >= 0.3 is 0 Å². The first-order chi connectivity index (χ1) is 9.72. The molecule has 2 fully saturated rings. The van der Waals surface area contributed by atoms with Crippen LogP contribution in [0, 0.1) is 5.82 Å². The molecule has 0 radical (unpaired) electrons. The summed E-state index contributed by atoms with van der Waals surface area (Å²) in [5, 5.41) is 0. The lowest BCUT2D eigenvalue weighted by molar-refractivity contribution is 0.0917. The van der Waals surface area contributed by atoms with Gasteiger partial charge in [-0.2, -0.15) is 0 Å². The number of ketones is 1. The van der Waals surface area contributed by atoms with Crippen molar-refractivity contribution in [1.29, 1.82) is 0 Å². The normalized spacial score (nSPS) is 21.1. The van der Waals surface area contributed by atoms with Gasteiger partial charge in [0.05, 0.1) is 6.20 Å². The number of hydrogen-bond acceptors (Lipinski definition) is 4. The second kappa shape index (κ2) is 5.97. The maximum absolute atomic E-state index is 12.7. The van der Waals surface area contributed by atoms with Crippen LogP contribution in [0.4, 0.5) is 4.39 Å². The number of carbonyl (C=O) groups is 1. The molecule has 1 aliphatic carbocycles. The van der Waals surface area contributed by atoms with Crippen LogP contribution in [0.5, 0.6) is 0 Å². The zero-order chi connectivity index (χ0) is 13.9. The molecule has 1 aromatic heterocycles. The lowest BCUT2D eigenvalue weighted by atomic mass is 10.2. The zero-order valence-electron chi connectivity index (χ0n) is 11.6. The van der Waals surface area contributed by atoms with Gasteiger partial charge in [0.15, 0.2) is 5.78 Å². The summed E-state index contributed by atoms with van der Waals surface area (Å²) in [5.41, 5.74) is 0.364. The van der Waals surface area contributed by atoms with E-state index in [-0.39, 0.29) is 5.78 Å². The summed E-state index contributed by atoms with van der Waals surface area (Å²) in [6, 6.07) is 3.58. The Balaban J connectivity index is 1.43. The Kier molecular flexibility index (Phi) is 4.08. The molecule has 0 amide bonds. The third kappa shape index (κ3) is 3.41.